The molecule has 98 valence electrons. The Morgan fingerprint density at radius 2 is 1.56 bits per heavy atom. The van der Waals surface area contributed by atoms with E-state index in [9.17, 15) is 0 Å². The zero-order chi connectivity index (χ0) is 12.7. The van der Waals surface area contributed by atoms with Crippen LogP contribution in [0.25, 0.3) is 0 Å². The lowest BCUT2D eigenvalue weighted by molar-refractivity contribution is -0.0821. The first-order chi connectivity index (χ1) is 7.45. The number of rotatable bonds is 9. The van der Waals surface area contributed by atoms with E-state index in [0.29, 0.717) is 13.0 Å². The summed E-state index contributed by atoms with van der Waals surface area (Å²) in [6.07, 6.45) is 3.49. The molecule has 3 nitrogen and oxygen atoms in total. The molecule has 3 heteroatoms. The molecule has 0 radical (unpaired) electrons. The van der Waals surface area contributed by atoms with Crippen LogP contribution in [0.2, 0.25) is 0 Å². The average Bonchev–Trinajstić information content (AvgIpc) is 2.29. The van der Waals surface area contributed by atoms with Gasteiger partial charge in [0.15, 0.2) is 0 Å². The van der Waals surface area contributed by atoms with Crippen molar-refractivity contribution >= 4 is 0 Å². The summed E-state index contributed by atoms with van der Waals surface area (Å²) in [5, 5.41) is 8.98. The molecular formula is C13H28O3. The molecule has 0 rings (SSSR count). The van der Waals surface area contributed by atoms with Gasteiger partial charge in [0.2, 0.25) is 0 Å². The van der Waals surface area contributed by atoms with Crippen molar-refractivity contribution in [2.24, 2.45) is 0 Å². The summed E-state index contributed by atoms with van der Waals surface area (Å²) in [5.41, 5.74) is -0.287. The summed E-state index contributed by atoms with van der Waals surface area (Å²) in [6.45, 7) is 9.23. The van der Waals surface area contributed by atoms with Crippen LogP contribution in [-0.2, 0) is 9.47 Å². The molecule has 0 saturated heterocycles. The van der Waals surface area contributed by atoms with Crippen LogP contribution >= 0.6 is 0 Å². The highest BCUT2D eigenvalue weighted by Crippen LogP contribution is 2.23. The standard InChI is InChI=1S/C13H28O3/c1-6-12(3,15-5)9-11-16-13(4,7-2)8-10-14/h14H,6-11H2,1-5H3. The molecule has 0 aromatic carbocycles. The molecule has 2 atom stereocenters. The van der Waals surface area contributed by atoms with E-state index < -0.39 is 0 Å². The van der Waals surface area contributed by atoms with Gasteiger partial charge in [0, 0.05) is 13.7 Å². The maximum atomic E-state index is 8.98. The number of hydrogen-bond donors (Lipinski definition) is 1. The molecule has 0 aromatic rings. The molecule has 16 heavy (non-hydrogen) atoms. The third-order valence-corrected chi connectivity index (χ3v) is 3.71. The Balaban J connectivity index is 4.03. The second-order valence-corrected chi connectivity index (χ2v) is 4.88. The van der Waals surface area contributed by atoms with Gasteiger partial charge in [-0.05, 0) is 39.5 Å². The van der Waals surface area contributed by atoms with Crippen molar-refractivity contribution in [1.82, 2.24) is 0 Å². The summed E-state index contributed by atoms with van der Waals surface area (Å²) in [4.78, 5) is 0. The molecule has 1 N–H and O–H groups in total. The van der Waals surface area contributed by atoms with Crippen molar-refractivity contribution in [3.05, 3.63) is 0 Å². The molecule has 2 unspecified atom stereocenters. The summed E-state index contributed by atoms with van der Waals surface area (Å²) in [5.74, 6) is 0. The van der Waals surface area contributed by atoms with E-state index in [0.717, 1.165) is 19.3 Å². The Morgan fingerprint density at radius 1 is 1.00 bits per heavy atom. The lowest BCUT2D eigenvalue weighted by Crippen LogP contribution is -2.33. The Bertz CT molecular complexity index is 178. The number of aliphatic hydroxyl groups excluding tert-OH is 1. The third kappa shape index (κ3) is 5.28. The average molecular weight is 232 g/mol. The Kier molecular flexibility index (Phi) is 7.20. The smallest absolute Gasteiger partial charge is 0.0673 e. The monoisotopic (exact) mass is 232 g/mol. The normalized spacial score (nSPS) is 19.1. The van der Waals surface area contributed by atoms with Crippen LogP contribution in [0.1, 0.15) is 53.4 Å². The van der Waals surface area contributed by atoms with Gasteiger partial charge in [0.1, 0.15) is 0 Å². The van der Waals surface area contributed by atoms with E-state index >= 15 is 0 Å². The van der Waals surface area contributed by atoms with Crippen molar-refractivity contribution in [3.8, 4) is 0 Å². The van der Waals surface area contributed by atoms with E-state index in [1.54, 1.807) is 7.11 Å². The van der Waals surface area contributed by atoms with Crippen LogP contribution in [-0.4, -0.2) is 36.6 Å². The molecule has 0 amide bonds. The molecule has 0 saturated carbocycles. The van der Waals surface area contributed by atoms with Crippen molar-refractivity contribution in [1.29, 1.82) is 0 Å². The number of methoxy groups -OCH3 is 1. The van der Waals surface area contributed by atoms with Crippen molar-refractivity contribution in [2.75, 3.05) is 20.3 Å². The van der Waals surface area contributed by atoms with Crippen LogP contribution in [0.3, 0.4) is 0 Å². The fraction of sp³-hybridized carbons (Fsp3) is 1.00. The van der Waals surface area contributed by atoms with Crippen LogP contribution in [0, 0.1) is 0 Å². The first kappa shape index (κ1) is 15.9. The van der Waals surface area contributed by atoms with Gasteiger partial charge in [-0.15, -0.1) is 0 Å². The summed E-state index contributed by atoms with van der Waals surface area (Å²) < 4.78 is 11.3. The number of ether oxygens (including phenoxy) is 2. The quantitative estimate of drug-likeness (QED) is 0.664. The molecular weight excluding hydrogens is 204 g/mol. The lowest BCUT2D eigenvalue weighted by atomic mass is 9.97. The molecule has 0 bridgehead atoms. The van der Waals surface area contributed by atoms with Crippen LogP contribution < -0.4 is 0 Å². The molecule has 0 heterocycles. The highest BCUT2D eigenvalue weighted by Gasteiger charge is 2.25. The third-order valence-electron chi connectivity index (χ3n) is 3.71. The van der Waals surface area contributed by atoms with Crippen LogP contribution in [0.15, 0.2) is 0 Å². The van der Waals surface area contributed by atoms with Crippen molar-refractivity contribution in [2.45, 2.75) is 64.6 Å². The summed E-state index contributed by atoms with van der Waals surface area (Å²) in [6, 6.07) is 0. The summed E-state index contributed by atoms with van der Waals surface area (Å²) >= 11 is 0. The zero-order valence-corrected chi connectivity index (χ0v) is 11.5. The van der Waals surface area contributed by atoms with E-state index in [1.807, 2.05) is 0 Å². The van der Waals surface area contributed by atoms with Gasteiger partial charge in [-0.25, -0.2) is 0 Å². The Labute approximate surface area is 100 Å². The minimum atomic E-state index is -0.197. The molecule has 0 aliphatic carbocycles. The molecule has 0 fully saturated rings. The Morgan fingerprint density at radius 3 is 1.94 bits per heavy atom. The van der Waals surface area contributed by atoms with Gasteiger partial charge in [-0.3, -0.25) is 0 Å². The highest BCUT2D eigenvalue weighted by molar-refractivity contribution is 4.76. The SMILES string of the molecule is CCC(C)(CCOC(C)(CC)CCO)OC. The molecule has 0 aliphatic rings. The van der Waals surface area contributed by atoms with Gasteiger partial charge in [0.05, 0.1) is 17.8 Å². The zero-order valence-electron chi connectivity index (χ0n) is 11.5. The first-order valence-electron chi connectivity index (χ1n) is 6.25. The van der Waals surface area contributed by atoms with Crippen LogP contribution in [0.4, 0.5) is 0 Å². The van der Waals surface area contributed by atoms with Crippen molar-refractivity contribution in [3.63, 3.8) is 0 Å². The molecule has 0 aliphatic heterocycles. The Hall–Kier alpha value is -0.120. The molecule has 0 spiro atoms. The molecule has 0 aromatic heterocycles. The second kappa shape index (κ2) is 7.25. The van der Waals surface area contributed by atoms with Crippen LogP contribution in [0.5, 0.6) is 0 Å². The summed E-state index contributed by atoms with van der Waals surface area (Å²) in [7, 11) is 1.75. The van der Waals surface area contributed by atoms with E-state index in [4.69, 9.17) is 14.6 Å². The predicted octanol–water partition coefficient (Wildman–Crippen LogP) is 2.76. The van der Waals surface area contributed by atoms with Crippen molar-refractivity contribution < 1.29 is 14.6 Å². The van der Waals surface area contributed by atoms with Gasteiger partial charge in [0.25, 0.3) is 0 Å². The van der Waals surface area contributed by atoms with Gasteiger partial charge in [-0.1, -0.05) is 13.8 Å². The number of aliphatic hydroxyl groups is 1. The maximum Gasteiger partial charge on any atom is 0.0673 e. The maximum absolute atomic E-state index is 8.98. The topological polar surface area (TPSA) is 38.7 Å². The minimum Gasteiger partial charge on any atom is -0.396 e. The van der Waals surface area contributed by atoms with E-state index in [-0.39, 0.29) is 17.8 Å². The fourth-order valence-electron chi connectivity index (χ4n) is 1.52. The minimum absolute atomic E-state index is 0.0894. The van der Waals surface area contributed by atoms with Gasteiger partial charge in [-0.2, -0.15) is 0 Å². The lowest BCUT2D eigenvalue weighted by Gasteiger charge is -2.31. The fourth-order valence-corrected chi connectivity index (χ4v) is 1.52. The second-order valence-electron chi connectivity index (χ2n) is 4.88. The van der Waals surface area contributed by atoms with E-state index in [1.165, 1.54) is 0 Å². The largest absolute Gasteiger partial charge is 0.396 e. The first-order valence-corrected chi connectivity index (χ1v) is 6.25. The predicted molar refractivity (Wildman–Crippen MR) is 66.7 cm³/mol. The van der Waals surface area contributed by atoms with E-state index in [2.05, 4.69) is 27.7 Å². The highest BCUT2D eigenvalue weighted by atomic mass is 16.5. The number of hydrogen-bond acceptors (Lipinski definition) is 3. The van der Waals surface area contributed by atoms with Gasteiger partial charge >= 0.3 is 0 Å². The van der Waals surface area contributed by atoms with Gasteiger partial charge < -0.3 is 14.6 Å².